The molecule has 0 saturated heterocycles. The summed E-state index contributed by atoms with van der Waals surface area (Å²) in [6.07, 6.45) is 1.65. The van der Waals surface area contributed by atoms with Gasteiger partial charge in [0, 0.05) is 41.5 Å². The Hall–Kier alpha value is -0.940. The molecule has 90 valence electrons. The van der Waals surface area contributed by atoms with Gasteiger partial charge in [0.1, 0.15) is 11.6 Å². The molecule has 3 nitrogen and oxygen atoms in total. The normalized spacial score (nSPS) is 14.7. The lowest BCUT2D eigenvalue weighted by molar-refractivity contribution is 0.466. The predicted octanol–water partition coefficient (Wildman–Crippen LogP) is 1.39. The highest BCUT2D eigenvalue weighted by Gasteiger charge is 2.05. The molecule has 0 aliphatic heterocycles. The Labute approximate surface area is 97.1 Å². The van der Waals surface area contributed by atoms with Crippen LogP contribution in [0.5, 0.6) is 5.75 Å². The van der Waals surface area contributed by atoms with E-state index < -0.39 is 16.6 Å². The van der Waals surface area contributed by atoms with Crippen LogP contribution in [-0.4, -0.2) is 27.4 Å². The van der Waals surface area contributed by atoms with Crippen molar-refractivity contribution in [3.8, 4) is 5.75 Å². The second-order valence-electron chi connectivity index (χ2n) is 3.84. The van der Waals surface area contributed by atoms with Crippen molar-refractivity contribution >= 4 is 10.8 Å². The van der Waals surface area contributed by atoms with Crippen LogP contribution in [0.2, 0.25) is 0 Å². The second kappa shape index (κ2) is 5.96. The summed E-state index contributed by atoms with van der Waals surface area (Å²) in [5, 5.41) is 12.3. The fourth-order valence-electron chi connectivity index (χ4n) is 1.44. The summed E-state index contributed by atoms with van der Waals surface area (Å²) >= 11 is 0. The predicted molar refractivity (Wildman–Crippen MR) is 63.3 cm³/mol. The monoisotopic (exact) mass is 245 g/mol. The van der Waals surface area contributed by atoms with Crippen LogP contribution in [0.15, 0.2) is 18.2 Å². The Morgan fingerprint density at radius 3 is 2.75 bits per heavy atom. The zero-order valence-corrected chi connectivity index (χ0v) is 10.2. The zero-order valence-electron chi connectivity index (χ0n) is 9.37. The Kier molecular flexibility index (Phi) is 4.89. The third-order valence-electron chi connectivity index (χ3n) is 2.08. The summed E-state index contributed by atoms with van der Waals surface area (Å²) in [5.74, 6) is 0.0217. The Bertz CT molecular complexity index is 364. The average molecular weight is 245 g/mol. The van der Waals surface area contributed by atoms with Gasteiger partial charge in [-0.25, -0.2) is 4.39 Å². The van der Waals surface area contributed by atoms with E-state index in [0.29, 0.717) is 17.9 Å². The van der Waals surface area contributed by atoms with E-state index in [2.05, 4.69) is 5.32 Å². The first-order valence-corrected chi connectivity index (χ1v) is 6.72. The fourth-order valence-corrected chi connectivity index (χ4v) is 2.26. The molecule has 0 spiro atoms. The van der Waals surface area contributed by atoms with E-state index in [1.54, 1.807) is 6.26 Å². The van der Waals surface area contributed by atoms with Gasteiger partial charge in [0.15, 0.2) is 0 Å². The number of halogens is 1. The van der Waals surface area contributed by atoms with Gasteiger partial charge in [-0.1, -0.05) is 0 Å². The van der Waals surface area contributed by atoms with Crippen molar-refractivity contribution in [2.75, 3.05) is 12.0 Å². The molecule has 0 fully saturated rings. The molecular formula is C11H16FNO2S. The molecule has 16 heavy (non-hydrogen) atoms. The topological polar surface area (TPSA) is 49.3 Å². The van der Waals surface area contributed by atoms with E-state index in [0.717, 1.165) is 6.07 Å². The summed E-state index contributed by atoms with van der Waals surface area (Å²) < 4.78 is 23.9. The van der Waals surface area contributed by atoms with Gasteiger partial charge in [-0.2, -0.15) is 0 Å². The van der Waals surface area contributed by atoms with Gasteiger partial charge in [-0.15, -0.1) is 0 Å². The van der Waals surface area contributed by atoms with Crippen LogP contribution in [0.1, 0.15) is 12.5 Å². The maximum Gasteiger partial charge on any atom is 0.127 e. The molecule has 2 atom stereocenters. The molecule has 0 saturated carbocycles. The first-order valence-electron chi connectivity index (χ1n) is 4.99. The lowest BCUT2D eigenvalue weighted by atomic mass is 10.2. The standard InChI is InChI=1S/C11H16FNO2S/c1-8(7-16(2)15)13-6-9-3-10(12)5-11(14)4-9/h3-5,8,13-14H,6-7H2,1-2H3. The Morgan fingerprint density at radius 2 is 2.19 bits per heavy atom. The molecule has 0 aliphatic carbocycles. The number of hydrogen-bond donors (Lipinski definition) is 2. The molecular weight excluding hydrogens is 229 g/mol. The third kappa shape index (κ3) is 4.72. The Balaban J connectivity index is 2.51. The highest BCUT2D eigenvalue weighted by atomic mass is 32.2. The maximum atomic E-state index is 12.9. The third-order valence-corrected chi connectivity index (χ3v) is 3.05. The largest absolute Gasteiger partial charge is 0.508 e. The lowest BCUT2D eigenvalue weighted by Gasteiger charge is -2.12. The number of benzene rings is 1. The number of phenolic OH excluding ortho intramolecular Hbond substituents is 1. The molecule has 0 aliphatic rings. The van der Waals surface area contributed by atoms with E-state index in [4.69, 9.17) is 0 Å². The van der Waals surface area contributed by atoms with Crippen molar-refractivity contribution in [1.82, 2.24) is 5.32 Å². The van der Waals surface area contributed by atoms with Gasteiger partial charge >= 0.3 is 0 Å². The Morgan fingerprint density at radius 1 is 1.50 bits per heavy atom. The van der Waals surface area contributed by atoms with Gasteiger partial charge in [-0.3, -0.25) is 4.21 Å². The number of hydrogen-bond acceptors (Lipinski definition) is 3. The maximum absolute atomic E-state index is 12.9. The summed E-state index contributed by atoms with van der Waals surface area (Å²) in [6.45, 7) is 2.37. The number of aromatic hydroxyl groups is 1. The summed E-state index contributed by atoms with van der Waals surface area (Å²) in [6, 6.07) is 4.03. The van der Waals surface area contributed by atoms with Crippen molar-refractivity contribution in [3.63, 3.8) is 0 Å². The molecule has 0 aromatic heterocycles. The minimum absolute atomic E-state index is 0.0801. The van der Waals surface area contributed by atoms with Crippen LogP contribution in [0.4, 0.5) is 4.39 Å². The minimum atomic E-state index is -0.848. The molecule has 5 heteroatoms. The van der Waals surface area contributed by atoms with Crippen LogP contribution in [0.3, 0.4) is 0 Å². The highest BCUT2D eigenvalue weighted by molar-refractivity contribution is 7.84. The quantitative estimate of drug-likeness (QED) is 0.824. The smallest absolute Gasteiger partial charge is 0.127 e. The first kappa shape index (κ1) is 13.1. The SMILES string of the molecule is CC(CS(C)=O)NCc1cc(O)cc(F)c1. The van der Waals surface area contributed by atoms with Gasteiger partial charge in [-0.05, 0) is 24.6 Å². The van der Waals surface area contributed by atoms with Gasteiger partial charge in [0.25, 0.3) is 0 Å². The number of phenols is 1. The summed E-state index contributed by atoms with van der Waals surface area (Å²) in [4.78, 5) is 0. The molecule has 0 radical (unpaired) electrons. The van der Waals surface area contributed by atoms with E-state index in [1.165, 1.54) is 12.1 Å². The van der Waals surface area contributed by atoms with E-state index >= 15 is 0 Å². The van der Waals surface area contributed by atoms with Crippen molar-refractivity contribution in [3.05, 3.63) is 29.6 Å². The van der Waals surface area contributed by atoms with Crippen LogP contribution in [-0.2, 0) is 17.3 Å². The lowest BCUT2D eigenvalue weighted by Crippen LogP contribution is -2.30. The second-order valence-corrected chi connectivity index (χ2v) is 5.32. The molecule has 1 rings (SSSR count). The molecule has 1 aromatic rings. The number of nitrogens with one attached hydrogen (secondary N) is 1. The van der Waals surface area contributed by atoms with Gasteiger partial charge in [0.05, 0.1) is 0 Å². The zero-order chi connectivity index (χ0) is 12.1. The van der Waals surface area contributed by atoms with Crippen molar-refractivity contribution in [2.24, 2.45) is 0 Å². The molecule has 2 unspecified atom stereocenters. The molecule has 0 heterocycles. The summed E-state index contributed by atoms with van der Waals surface area (Å²) in [5.41, 5.74) is 0.672. The fraction of sp³-hybridized carbons (Fsp3) is 0.455. The van der Waals surface area contributed by atoms with Crippen LogP contribution in [0.25, 0.3) is 0 Å². The molecule has 0 amide bonds. The van der Waals surface area contributed by atoms with Crippen molar-refractivity contribution in [1.29, 1.82) is 0 Å². The molecule has 2 N–H and O–H groups in total. The average Bonchev–Trinajstić information content (AvgIpc) is 2.12. The summed E-state index contributed by atoms with van der Waals surface area (Å²) in [7, 11) is -0.848. The van der Waals surface area contributed by atoms with Gasteiger partial charge in [0.2, 0.25) is 0 Å². The van der Waals surface area contributed by atoms with Crippen LogP contribution >= 0.6 is 0 Å². The van der Waals surface area contributed by atoms with E-state index in [1.807, 2.05) is 6.92 Å². The minimum Gasteiger partial charge on any atom is -0.508 e. The van der Waals surface area contributed by atoms with Gasteiger partial charge < -0.3 is 10.4 Å². The van der Waals surface area contributed by atoms with Crippen LogP contribution in [0, 0.1) is 5.82 Å². The molecule has 1 aromatic carbocycles. The van der Waals surface area contributed by atoms with Crippen molar-refractivity contribution < 1.29 is 13.7 Å². The highest BCUT2D eigenvalue weighted by Crippen LogP contribution is 2.14. The first-order chi connectivity index (χ1) is 7.47. The van der Waals surface area contributed by atoms with E-state index in [-0.39, 0.29) is 11.8 Å². The van der Waals surface area contributed by atoms with Crippen molar-refractivity contribution in [2.45, 2.75) is 19.5 Å². The van der Waals surface area contributed by atoms with Crippen LogP contribution < -0.4 is 5.32 Å². The number of rotatable bonds is 5. The molecule has 0 bridgehead atoms. The van der Waals surface area contributed by atoms with E-state index in [9.17, 15) is 13.7 Å².